The average molecular weight is 250 g/mol. The molecular formula is C15H23FN2. The molecule has 1 aromatic rings. The first-order valence-electron chi connectivity index (χ1n) is 6.92. The lowest BCUT2D eigenvalue weighted by Crippen LogP contribution is -2.32. The third kappa shape index (κ3) is 3.30. The van der Waals surface area contributed by atoms with Gasteiger partial charge in [-0.2, -0.15) is 0 Å². The molecule has 1 saturated heterocycles. The van der Waals surface area contributed by atoms with Crippen molar-refractivity contribution in [2.45, 2.75) is 51.7 Å². The molecule has 1 aromatic carbocycles. The summed E-state index contributed by atoms with van der Waals surface area (Å²) < 4.78 is 13.9. The maximum Gasteiger partial charge on any atom is 0.128 e. The van der Waals surface area contributed by atoms with E-state index in [2.05, 4.69) is 11.8 Å². The highest BCUT2D eigenvalue weighted by Gasteiger charge is 2.18. The Morgan fingerprint density at radius 3 is 2.89 bits per heavy atom. The van der Waals surface area contributed by atoms with Gasteiger partial charge in [0, 0.05) is 24.7 Å². The zero-order valence-electron chi connectivity index (χ0n) is 11.2. The first kappa shape index (κ1) is 13.5. The van der Waals surface area contributed by atoms with Crippen LogP contribution in [-0.4, -0.2) is 17.5 Å². The first-order chi connectivity index (χ1) is 8.70. The molecule has 2 rings (SSSR count). The normalized spacial score (nSPS) is 21.8. The molecule has 3 heteroatoms. The fraction of sp³-hybridized carbons (Fsp3) is 0.600. The van der Waals surface area contributed by atoms with E-state index in [9.17, 15) is 4.39 Å². The zero-order valence-corrected chi connectivity index (χ0v) is 11.2. The van der Waals surface area contributed by atoms with Gasteiger partial charge in [0.15, 0.2) is 0 Å². The predicted octanol–water partition coefficient (Wildman–Crippen LogP) is 3.05. The van der Waals surface area contributed by atoms with Gasteiger partial charge in [0.05, 0.1) is 0 Å². The highest BCUT2D eigenvalue weighted by atomic mass is 19.1. The molecule has 1 aliphatic rings. The Labute approximate surface area is 109 Å². The molecule has 1 unspecified atom stereocenters. The first-order valence-corrected chi connectivity index (χ1v) is 6.92. The van der Waals surface area contributed by atoms with Crippen LogP contribution in [0.5, 0.6) is 0 Å². The van der Waals surface area contributed by atoms with Gasteiger partial charge in [-0.15, -0.1) is 0 Å². The van der Waals surface area contributed by atoms with Crippen LogP contribution in [-0.2, 0) is 13.1 Å². The summed E-state index contributed by atoms with van der Waals surface area (Å²) in [5, 5.41) is 0. The summed E-state index contributed by atoms with van der Waals surface area (Å²) in [5.41, 5.74) is 7.17. The molecule has 2 nitrogen and oxygen atoms in total. The number of hydrogen-bond acceptors (Lipinski definition) is 2. The summed E-state index contributed by atoms with van der Waals surface area (Å²) in [6.07, 6.45) is 5.05. The van der Waals surface area contributed by atoms with Crippen molar-refractivity contribution < 1.29 is 4.39 Å². The monoisotopic (exact) mass is 250 g/mol. The minimum Gasteiger partial charge on any atom is -0.326 e. The van der Waals surface area contributed by atoms with Gasteiger partial charge >= 0.3 is 0 Å². The van der Waals surface area contributed by atoms with Crippen molar-refractivity contribution in [3.63, 3.8) is 0 Å². The second-order valence-electron chi connectivity index (χ2n) is 5.30. The molecule has 18 heavy (non-hydrogen) atoms. The van der Waals surface area contributed by atoms with Crippen molar-refractivity contribution in [3.8, 4) is 0 Å². The summed E-state index contributed by atoms with van der Waals surface area (Å²) in [4.78, 5) is 2.40. The smallest absolute Gasteiger partial charge is 0.128 e. The van der Waals surface area contributed by atoms with E-state index in [1.54, 1.807) is 6.07 Å². The minimum atomic E-state index is -0.116. The van der Waals surface area contributed by atoms with Gasteiger partial charge in [0.25, 0.3) is 0 Å². The van der Waals surface area contributed by atoms with Gasteiger partial charge in [-0.3, -0.25) is 4.90 Å². The molecule has 1 aliphatic heterocycles. The molecule has 1 heterocycles. The number of nitrogens with two attached hydrogens (primary N) is 1. The molecule has 2 N–H and O–H groups in total. The lowest BCUT2D eigenvalue weighted by molar-refractivity contribution is 0.202. The van der Waals surface area contributed by atoms with Crippen LogP contribution in [0.1, 0.15) is 43.7 Å². The second kappa shape index (κ2) is 6.30. The Morgan fingerprint density at radius 1 is 1.33 bits per heavy atom. The molecule has 100 valence electrons. The molecule has 1 atom stereocenters. The third-order valence-electron chi connectivity index (χ3n) is 3.92. The van der Waals surface area contributed by atoms with Gasteiger partial charge in [-0.1, -0.05) is 25.0 Å². The summed E-state index contributed by atoms with van der Waals surface area (Å²) in [6, 6.07) is 5.94. The minimum absolute atomic E-state index is 0.116. The Bertz CT molecular complexity index is 392. The fourth-order valence-corrected chi connectivity index (χ4v) is 2.63. The van der Waals surface area contributed by atoms with Crippen LogP contribution in [0, 0.1) is 5.82 Å². The quantitative estimate of drug-likeness (QED) is 0.893. The highest BCUT2D eigenvalue weighted by Crippen LogP contribution is 2.20. The number of likely N-dealkylation sites (tertiary alicyclic amines) is 1. The van der Waals surface area contributed by atoms with E-state index in [-0.39, 0.29) is 5.82 Å². The Hall–Kier alpha value is -0.930. The van der Waals surface area contributed by atoms with Gasteiger partial charge in [-0.25, -0.2) is 4.39 Å². The molecular weight excluding hydrogens is 227 g/mol. The highest BCUT2D eigenvalue weighted by molar-refractivity contribution is 5.24. The van der Waals surface area contributed by atoms with E-state index in [1.165, 1.54) is 25.7 Å². The van der Waals surface area contributed by atoms with Crippen molar-refractivity contribution in [2.75, 3.05) is 6.54 Å². The number of halogens is 1. The number of rotatable bonds is 3. The molecule has 0 amide bonds. The number of nitrogens with zero attached hydrogens (tertiary/aromatic N) is 1. The largest absolute Gasteiger partial charge is 0.326 e. The Morgan fingerprint density at radius 2 is 2.17 bits per heavy atom. The van der Waals surface area contributed by atoms with Gasteiger partial charge in [0.2, 0.25) is 0 Å². The number of benzene rings is 1. The van der Waals surface area contributed by atoms with Crippen molar-refractivity contribution in [2.24, 2.45) is 5.73 Å². The van der Waals surface area contributed by atoms with Crippen molar-refractivity contribution >= 4 is 0 Å². The van der Waals surface area contributed by atoms with Crippen LogP contribution in [0.2, 0.25) is 0 Å². The lowest BCUT2D eigenvalue weighted by Gasteiger charge is -2.27. The van der Waals surface area contributed by atoms with Crippen molar-refractivity contribution in [1.82, 2.24) is 4.90 Å². The van der Waals surface area contributed by atoms with Crippen molar-refractivity contribution in [3.05, 3.63) is 35.1 Å². The fourth-order valence-electron chi connectivity index (χ4n) is 2.63. The van der Waals surface area contributed by atoms with E-state index in [4.69, 9.17) is 5.73 Å². The predicted molar refractivity (Wildman–Crippen MR) is 72.6 cm³/mol. The standard InChI is InChI=1S/C15H23FN2/c1-12-5-3-2-4-8-18(12)11-14-7-6-13(10-17)9-15(14)16/h6-7,9,12H,2-5,8,10-11,17H2,1H3. The summed E-state index contributed by atoms with van der Waals surface area (Å²) >= 11 is 0. The van der Waals surface area contributed by atoms with E-state index < -0.39 is 0 Å². The zero-order chi connectivity index (χ0) is 13.0. The topological polar surface area (TPSA) is 29.3 Å². The second-order valence-corrected chi connectivity index (χ2v) is 5.30. The van der Waals surface area contributed by atoms with E-state index in [1.807, 2.05) is 12.1 Å². The van der Waals surface area contributed by atoms with E-state index in [0.29, 0.717) is 12.6 Å². The SMILES string of the molecule is CC1CCCCCN1Cc1ccc(CN)cc1F. The van der Waals surface area contributed by atoms with Crippen LogP contribution in [0.25, 0.3) is 0 Å². The Balaban J connectivity index is 2.07. The van der Waals surface area contributed by atoms with E-state index >= 15 is 0 Å². The van der Waals surface area contributed by atoms with Crippen molar-refractivity contribution in [1.29, 1.82) is 0 Å². The van der Waals surface area contributed by atoms with Crippen LogP contribution in [0.4, 0.5) is 4.39 Å². The van der Waals surface area contributed by atoms with Crippen LogP contribution in [0.15, 0.2) is 18.2 Å². The summed E-state index contributed by atoms with van der Waals surface area (Å²) in [7, 11) is 0. The van der Waals surface area contributed by atoms with Gasteiger partial charge in [0.1, 0.15) is 5.82 Å². The van der Waals surface area contributed by atoms with Crippen LogP contribution < -0.4 is 5.73 Å². The van der Waals surface area contributed by atoms with Crippen LogP contribution in [0.3, 0.4) is 0 Å². The molecule has 0 aromatic heterocycles. The molecule has 1 fully saturated rings. The molecule has 0 aliphatic carbocycles. The average Bonchev–Trinajstić information content (AvgIpc) is 2.57. The lowest BCUT2D eigenvalue weighted by atomic mass is 10.1. The van der Waals surface area contributed by atoms with Crippen LogP contribution >= 0.6 is 0 Å². The molecule has 0 saturated carbocycles. The van der Waals surface area contributed by atoms with Gasteiger partial charge in [-0.05, 0) is 37.9 Å². The molecule has 0 bridgehead atoms. The molecule has 0 spiro atoms. The maximum absolute atomic E-state index is 13.9. The Kier molecular flexibility index (Phi) is 4.72. The third-order valence-corrected chi connectivity index (χ3v) is 3.92. The maximum atomic E-state index is 13.9. The van der Waals surface area contributed by atoms with E-state index in [0.717, 1.165) is 24.2 Å². The number of hydrogen-bond donors (Lipinski definition) is 1. The summed E-state index contributed by atoms with van der Waals surface area (Å²) in [5.74, 6) is -0.116. The summed E-state index contributed by atoms with van der Waals surface area (Å²) in [6.45, 7) is 4.45. The van der Waals surface area contributed by atoms with Gasteiger partial charge < -0.3 is 5.73 Å². The molecule has 0 radical (unpaired) electrons.